The van der Waals surface area contributed by atoms with E-state index in [2.05, 4.69) is 16.2 Å². The lowest BCUT2D eigenvalue weighted by molar-refractivity contribution is 0.0986. The van der Waals surface area contributed by atoms with Crippen LogP contribution in [0.1, 0.15) is 32.9 Å². The van der Waals surface area contributed by atoms with Gasteiger partial charge in [0.2, 0.25) is 0 Å². The van der Waals surface area contributed by atoms with Crippen molar-refractivity contribution in [2.24, 2.45) is 0 Å². The van der Waals surface area contributed by atoms with Crippen molar-refractivity contribution in [3.63, 3.8) is 0 Å². The van der Waals surface area contributed by atoms with Gasteiger partial charge in [0, 0.05) is 29.7 Å². The van der Waals surface area contributed by atoms with Crippen LogP contribution in [-0.2, 0) is 12.2 Å². The average molecular weight is 365 g/mol. The number of anilines is 1. The Morgan fingerprint density at radius 3 is 2.88 bits per heavy atom. The van der Waals surface area contributed by atoms with Crippen molar-refractivity contribution in [1.29, 1.82) is 0 Å². The first kappa shape index (κ1) is 16.8. The maximum Gasteiger partial charge on any atom is 0.261 e. The van der Waals surface area contributed by atoms with Crippen LogP contribution in [0.25, 0.3) is 0 Å². The number of fused-ring (bicyclic) bond motifs is 1. The van der Waals surface area contributed by atoms with Crippen LogP contribution in [0.2, 0.25) is 0 Å². The number of carbonyl (C=O) groups excluding carboxylic acids is 1. The van der Waals surface area contributed by atoms with E-state index in [9.17, 15) is 4.79 Å². The molecule has 5 nitrogen and oxygen atoms in total. The van der Waals surface area contributed by atoms with Crippen LogP contribution < -0.4 is 4.90 Å². The molecule has 1 aliphatic heterocycles. The molecule has 2 aromatic heterocycles. The van der Waals surface area contributed by atoms with Gasteiger partial charge in [0.25, 0.3) is 5.91 Å². The fourth-order valence-corrected chi connectivity index (χ4v) is 4.35. The van der Waals surface area contributed by atoms with E-state index in [4.69, 9.17) is 4.52 Å². The van der Waals surface area contributed by atoms with E-state index in [1.54, 1.807) is 18.0 Å². The quantitative estimate of drug-likeness (QED) is 0.649. The SMILES string of the molecule is Cc1noc(C)c1CSc1ncccc1C(=O)N1CCc2ccccc21. The zero-order valence-corrected chi connectivity index (χ0v) is 15.5. The topological polar surface area (TPSA) is 59.2 Å². The Morgan fingerprint density at radius 1 is 1.23 bits per heavy atom. The molecule has 132 valence electrons. The largest absolute Gasteiger partial charge is 0.361 e. The number of aryl methyl sites for hydroxylation is 2. The first-order valence-corrected chi connectivity index (χ1v) is 9.53. The van der Waals surface area contributed by atoms with Crippen molar-refractivity contribution in [1.82, 2.24) is 10.1 Å². The Morgan fingerprint density at radius 2 is 2.08 bits per heavy atom. The molecule has 0 unspecified atom stereocenters. The van der Waals surface area contributed by atoms with Crippen molar-refractivity contribution in [2.75, 3.05) is 11.4 Å². The molecule has 0 aliphatic carbocycles. The normalized spacial score (nSPS) is 13.1. The molecule has 4 rings (SSSR count). The number of pyridine rings is 1. The smallest absolute Gasteiger partial charge is 0.261 e. The van der Waals surface area contributed by atoms with Crippen molar-refractivity contribution in [3.8, 4) is 0 Å². The first-order valence-electron chi connectivity index (χ1n) is 8.54. The van der Waals surface area contributed by atoms with Gasteiger partial charge in [0.05, 0.1) is 11.3 Å². The van der Waals surface area contributed by atoms with E-state index < -0.39 is 0 Å². The number of rotatable bonds is 4. The third-order valence-corrected chi connectivity index (χ3v) is 5.70. The maximum atomic E-state index is 13.2. The average Bonchev–Trinajstić information content (AvgIpc) is 3.23. The second kappa shape index (κ2) is 6.96. The Kier molecular flexibility index (Phi) is 4.51. The lowest BCUT2D eigenvalue weighted by Gasteiger charge is -2.18. The van der Waals surface area contributed by atoms with Gasteiger partial charge < -0.3 is 9.42 Å². The second-order valence-corrected chi connectivity index (χ2v) is 7.25. The number of hydrogen-bond donors (Lipinski definition) is 0. The highest BCUT2D eigenvalue weighted by Gasteiger charge is 2.27. The number of para-hydroxylation sites is 1. The van der Waals surface area contributed by atoms with Gasteiger partial charge in [0.1, 0.15) is 10.8 Å². The van der Waals surface area contributed by atoms with E-state index in [0.717, 1.165) is 34.2 Å². The number of benzene rings is 1. The number of aromatic nitrogens is 2. The van der Waals surface area contributed by atoms with E-state index in [0.29, 0.717) is 17.9 Å². The number of nitrogens with zero attached hydrogens (tertiary/aromatic N) is 3. The van der Waals surface area contributed by atoms with Crippen molar-refractivity contribution >= 4 is 23.4 Å². The summed E-state index contributed by atoms with van der Waals surface area (Å²) in [6, 6.07) is 11.7. The van der Waals surface area contributed by atoms with Gasteiger partial charge in [-0.1, -0.05) is 23.4 Å². The highest BCUT2D eigenvalue weighted by atomic mass is 32.2. The van der Waals surface area contributed by atoms with Crippen LogP contribution >= 0.6 is 11.8 Å². The summed E-state index contributed by atoms with van der Waals surface area (Å²) in [4.78, 5) is 19.5. The fourth-order valence-electron chi connectivity index (χ4n) is 3.21. The molecular formula is C20H19N3O2S. The first-order chi connectivity index (χ1) is 12.6. The molecule has 26 heavy (non-hydrogen) atoms. The molecule has 0 spiro atoms. The molecule has 0 saturated carbocycles. The number of carbonyl (C=O) groups is 1. The van der Waals surface area contributed by atoms with Gasteiger partial charge in [-0.25, -0.2) is 4.98 Å². The van der Waals surface area contributed by atoms with Gasteiger partial charge in [-0.2, -0.15) is 0 Å². The van der Waals surface area contributed by atoms with Gasteiger partial charge >= 0.3 is 0 Å². The molecule has 0 atom stereocenters. The molecule has 3 heterocycles. The maximum absolute atomic E-state index is 13.2. The van der Waals surface area contributed by atoms with Crippen molar-refractivity contribution < 1.29 is 9.32 Å². The van der Waals surface area contributed by atoms with E-state index >= 15 is 0 Å². The second-order valence-electron chi connectivity index (χ2n) is 6.28. The number of thioether (sulfide) groups is 1. The molecular weight excluding hydrogens is 346 g/mol. The van der Waals surface area contributed by atoms with Crippen LogP contribution in [0.3, 0.4) is 0 Å². The summed E-state index contributed by atoms with van der Waals surface area (Å²) in [5, 5.41) is 4.73. The highest BCUT2D eigenvalue weighted by molar-refractivity contribution is 7.98. The molecule has 3 aromatic rings. The zero-order valence-electron chi connectivity index (χ0n) is 14.7. The Labute approximate surface area is 156 Å². The van der Waals surface area contributed by atoms with Gasteiger partial charge in [-0.05, 0) is 44.0 Å². The van der Waals surface area contributed by atoms with Gasteiger partial charge in [-0.3, -0.25) is 4.79 Å². The molecule has 1 aliphatic rings. The number of amides is 1. The predicted octanol–water partition coefficient (Wildman–Crippen LogP) is 4.18. The molecule has 0 radical (unpaired) electrons. The summed E-state index contributed by atoms with van der Waals surface area (Å²) in [5.41, 5.74) is 4.80. The summed E-state index contributed by atoms with van der Waals surface area (Å²) in [7, 11) is 0. The van der Waals surface area contributed by atoms with Gasteiger partial charge in [0.15, 0.2) is 0 Å². The Balaban J connectivity index is 1.59. The molecule has 6 heteroatoms. The van der Waals surface area contributed by atoms with E-state index in [1.165, 1.54) is 5.56 Å². The Hall–Kier alpha value is -2.60. The van der Waals surface area contributed by atoms with Crippen molar-refractivity contribution in [3.05, 3.63) is 70.7 Å². The zero-order chi connectivity index (χ0) is 18.1. The van der Waals surface area contributed by atoms with Crippen LogP contribution in [0.5, 0.6) is 0 Å². The summed E-state index contributed by atoms with van der Waals surface area (Å²) in [6.45, 7) is 4.54. The van der Waals surface area contributed by atoms with E-state index in [-0.39, 0.29) is 5.91 Å². The van der Waals surface area contributed by atoms with Crippen LogP contribution in [0.4, 0.5) is 5.69 Å². The molecule has 0 saturated heterocycles. The van der Waals surface area contributed by atoms with E-state index in [1.807, 2.05) is 49.1 Å². The lowest BCUT2D eigenvalue weighted by Crippen LogP contribution is -2.29. The Bertz CT molecular complexity index is 948. The minimum absolute atomic E-state index is 0.00399. The third-order valence-electron chi connectivity index (χ3n) is 4.67. The molecule has 0 fully saturated rings. The molecule has 1 amide bonds. The fraction of sp³-hybridized carbons (Fsp3) is 0.250. The highest BCUT2D eigenvalue weighted by Crippen LogP contribution is 2.32. The number of hydrogen-bond acceptors (Lipinski definition) is 5. The summed E-state index contributed by atoms with van der Waals surface area (Å²) in [5.74, 6) is 1.49. The van der Waals surface area contributed by atoms with Crippen LogP contribution in [0.15, 0.2) is 52.1 Å². The monoisotopic (exact) mass is 365 g/mol. The minimum atomic E-state index is 0.00399. The summed E-state index contributed by atoms with van der Waals surface area (Å²) < 4.78 is 5.22. The van der Waals surface area contributed by atoms with Crippen molar-refractivity contribution in [2.45, 2.75) is 31.0 Å². The summed E-state index contributed by atoms with van der Waals surface area (Å²) in [6.07, 6.45) is 2.62. The lowest BCUT2D eigenvalue weighted by atomic mass is 10.2. The minimum Gasteiger partial charge on any atom is -0.361 e. The molecule has 1 aromatic carbocycles. The van der Waals surface area contributed by atoms with Crippen LogP contribution in [-0.4, -0.2) is 22.6 Å². The molecule has 0 N–H and O–H groups in total. The standard InChI is InChI=1S/C20H19N3O2S/c1-13-17(14(2)25-22-13)12-26-19-16(7-5-10-21-19)20(24)23-11-9-15-6-3-4-8-18(15)23/h3-8,10H,9,11-12H2,1-2H3. The third kappa shape index (κ3) is 3.01. The molecule has 0 bridgehead atoms. The van der Waals surface area contributed by atoms with Crippen LogP contribution in [0, 0.1) is 13.8 Å². The van der Waals surface area contributed by atoms with Gasteiger partial charge in [-0.15, -0.1) is 11.8 Å². The predicted molar refractivity (Wildman–Crippen MR) is 102 cm³/mol. The summed E-state index contributed by atoms with van der Waals surface area (Å²) >= 11 is 1.54.